The fourth-order valence-corrected chi connectivity index (χ4v) is 1.65. The number of halogens is 1. The van der Waals surface area contributed by atoms with E-state index in [-0.39, 0.29) is 18.6 Å². The normalized spacial score (nSPS) is 15.5. The van der Waals surface area contributed by atoms with Crippen LogP contribution in [-0.2, 0) is 9.09 Å². The summed E-state index contributed by atoms with van der Waals surface area (Å²) in [6.45, 7) is 3.87. The highest BCUT2D eigenvalue weighted by atomic mass is 35.5. The second-order valence-corrected chi connectivity index (χ2v) is 3.76. The first kappa shape index (κ1) is 13.1. The molecule has 0 fully saturated rings. The zero-order valence-corrected chi connectivity index (χ0v) is 7.95. The van der Waals surface area contributed by atoms with Gasteiger partial charge in [-0.15, -0.1) is 12.4 Å². The Morgan fingerprint density at radius 2 is 2.00 bits per heavy atom. The summed E-state index contributed by atoms with van der Waals surface area (Å²) in [6, 6.07) is 0. The molecule has 0 bridgehead atoms. The maximum absolute atomic E-state index is 10.7. The van der Waals surface area contributed by atoms with Crippen molar-refractivity contribution in [2.24, 2.45) is 0 Å². The molecule has 1 N–H and O–H groups in total. The summed E-state index contributed by atoms with van der Waals surface area (Å²) in [5, 5.41) is 0. The van der Waals surface area contributed by atoms with E-state index < -0.39 is 7.60 Å². The molecule has 3 nitrogen and oxygen atoms in total. The highest BCUT2D eigenvalue weighted by molar-refractivity contribution is 7.52. The van der Waals surface area contributed by atoms with Gasteiger partial charge in [-0.1, -0.05) is 6.92 Å². The maximum atomic E-state index is 10.7. The molecule has 0 aliphatic rings. The molecule has 0 amide bonds. The van der Waals surface area contributed by atoms with Crippen molar-refractivity contribution in [3.05, 3.63) is 0 Å². The molecule has 0 aromatic rings. The molecule has 64 valence electrons. The van der Waals surface area contributed by atoms with Gasteiger partial charge in [-0.2, -0.15) is 0 Å². The molecule has 1 atom stereocenters. The molecule has 0 aromatic heterocycles. The zero-order valence-electron chi connectivity index (χ0n) is 6.24. The first-order valence-electron chi connectivity index (χ1n) is 3.08. The number of rotatable bonds is 4. The van der Waals surface area contributed by atoms with Crippen LogP contribution in [0.25, 0.3) is 0 Å². The van der Waals surface area contributed by atoms with E-state index >= 15 is 0 Å². The average Bonchev–Trinajstić information content (AvgIpc) is 1.64. The van der Waals surface area contributed by atoms with Crippen LogP contribution in [0.15, 0.2) is 0 Å². The maximum Gasteiger partial charge on any atom is 0.328 e. The molecule has 0 rings (SSSR count). The van der Waals surface area contributed by atoms with E-state index in [1.165, 1.54) is 0 Å². The topological polar surface area (TPSA) is 46.5 Å². The molecule has 5 heteroatoms. The largest absolute Gasteiger partial charge is 0.328 e. The molecule has 0 radical (unpaired) electrons. The van der Waals surface area contributed by atoms with Gasteiger partial charge < -0.3 is 9.42 Å². The Kier molecular flexibility index (Phi) is 8.06. The Morgan fingerprint density at radius 1 is 1.50 bits per heavy atom. The van der Waals surface area contributed by atoms with Gasteiger partial charge in [0, 0.05) is 6.16 Å². The molecule has 0 spiro atoms. The van der Waals surface area contributed by atoms with Crippen LogP contribution in [0, 0.1) is 0 Å². The zero-order chi connectivity index (χ0) is 7.33. The lowest BCUT2D eigenvalue weighted by atomic mass is 10.6. The van der Waals surface area contributed by atoms with Crippen molar-refractivity contribution in [3.63, 3.8) is 0 Å². The van der Waals surface area contributed by atoms with Crippen LogP contribution in [0.3, 0.4) is 0 Å². The van der Waals surface area contributed by atoms with Crippen LogP contribution >= 0.6 is 20.0 Å². The highest BCUT2D eigenvalue weighted by Crippen LogP contribution is 2.41. The summed E-state index contributed by atoms with van der Waals surface area (Å²) in [6.07, 6.45) is 0.953. The van der Waals surface area contributed by atoms with Gasteiger partial charge in [-0.05, 0) is 13.3 Å². The summed E-state index contributed by atoms with van der Waals surface area (Å²) in [5.41, 5.74) is 0. The van der Waals surface area contributed by atoms with Gasteiger partial charge in [0.2, 0.25) is 0 Å². The minimum absolute atomic E-state index is 0. The van der Waals surface area contributed by atoms with Gasteiger partial charge in [0.15, 0.2) is 0 Å². The SMILES string of the molecule is CCCP(=O)(O)OCC.Cl. The number of hydrogen-bond donors (Lipinski definition) is 1. The van der Waals surface area contributed by atoms with Gasteiger partial charge in [0.05, 0.1) is 6.61 Å². The molecule has 0 aliphatic carbocycles. The third-order valence-electron chi connectivity index (χ3n) is 0.837. The van der Waals surface area contributed by atoms with E-state index in [0.717, 1.165) is 0 Å². The van der Waals surface area contributed by atoms with Crippen molar-refractivity contribution in [1.82, 2.24) is 0 Å². The van der Waals surface area contributed by atoms with Crippen molar-refractivity contribution in [2.45, 2.75) is 20.3 Å². The average molecular weight is 189 g/mol. The minimum Gasteiger partial charge on any atom is -0.324 e. The van der Waals surface area contributed by atoms with Crippen LogP contribution in [-0.4, -0.2) is 17.7 Å². The molecule has 0 aromatic carbocycles. The van der Waals surface area contributed by atoms with Gasteiger partial charge in [0.25, 0.3) is 0 Å². The van der Waals surface area contributed by atoms with Crippen LogP contribution in [0.1, 0.15) is 20.3 Å². The minimum atomic E-state index is -3.19. The van der Waals surface area contributed by atoms with Crippen LogP contribution in [0.2, 0.25) is 0 Å². The lowest BCUT2D eigenvalue weighted by Gasteiger charge is -2.07. The Morgan fingerprint density at radius 3 is 2.30 bits per heavy atom. The summed E-state index contributed by atoms with van der Waals surface area (Å²) in [5.74, 6) is 0. The second kappa shape index (κ2) is 6.17. The second-order valence-electron chi connectivity index (χ2n) is 1.78. The predicted octanol–water partition coefficient (Wildman–Crippen LogP) is 2.04. The van der Waals surface area contributed by atoms with E-state index in [0.29, 0.717) is 13.0 Å². The third kappa shape index (κ3) is 6.56. The first-order chi connectivity index (χ1) is 4.12. The van der Waals surface area contributed by atoms with Gasteiger partial charge in [-0.3, -0.25) is 4.57 Å². The quantitative estimate of drug-likeness (QED) is 0.687. The lowest BCUT2D eigenvalue weighted by molar-refractivity contribution is 0.273. The standard InChI is InChI=1S/C5H13O3P.ClH/c1-3-5-9(6,7)8-4-2;/h3-5H2,1-2H3,(H,6,7);1H. The Balaban J connectivity index is 0. The summed E-state index contributed by atoms with van der Waals surface area (Å²) < 4.78 is 15.3. The molecule has 10 heavy (non-hydrogen) atoms. The van der Waals surface area contributed by atoms with E-state index in [4.69, 9.17) is 4.89 Å². The van der Waals surface area contributed by atoms with Gasteiger partial charge >= 0.3 is 7.60 Å². The molecular weight excluding hydrogens is 174 g/mol. The summed E-state index contributed by atoms with van der Waals surface area (Å²) in [7, 11) is -3.19. The van der Waals surface area contributed by atoms with Crippen molar-refractivity contribution in [1.29, 1.82) is 0 Å². The molecular formula is C5H14ClO3P. The van der Waals surface area contributed by atoms with Gasteiger partial charge in [0.1, 0.15) is 0 Å². The molecule has 0 saturated carbocycles. The van der Waals surface area contributed by atoms with Crippen molar-refractivity contribution < 1.29 is 14.0 Å². The fraction of sp³-hybridized carbons (Fsp3) is 1.00. The molecule has 0 saturated heterocycles. The highest BCUT2D eigenvalue weighted by Gasteiger charge is 2.15. The molecule has 0 heterocycles. The molecule has 0 aliphatic heterocycles. The van der Waals surface area contributed by atoms with E-state index in [1.807, 2.05) is 6.92 Å². The summed E-state index contributed by atoms with van der Waals surface area (Å²) in [4.78, 5) is 8.85. The van der Waals surface area contributed by atoms with Crippen LogP contribution < -0.4 is 0 Å². The predicted molar refractivity (Wildman–Crippen MR) is 43.9 cm³/mol. The smallest absolute Gasteiger partial charge is 0.324 e. The van der Waals surface area contributed by atoms with E-state index in [2.05, 4.69) is 4.52 Å². The van der Waals surface area contributed by atoms with Crippen molar-refractivity contribution in [3.8, 4) is 0 Å². The molecule has 1 unspecified atom stereocenters. The summed E-state index contributed by atoms with van der Waals surface area (Å²) >= 11 is 0. The fourth-order valence-electron chi connectivity index (χ4n) is 0.549. The monoisotopic (exact) mass is 188 g/mol. The number of hydrogen-bond acceptors (Lipinski definition) is 2. The Labute approximate surface area is 67.7 Å². The first-order valence-corrected chi connectivity index (χ1v) is 4.85. The van der Waals surface area contributed by atoms with Gasteiger partial charge in [-0.25, -0.2) is 0 Å². The third-order valence-corrected chi connectivity index (χ3v) is 2.51. The van der Waals surface area contributed by atoms with Crippen molar-refractivity contribution in [2.75, 3.05) is 12.8 Å². The van der Waals surface area contributed by atoms with Crippen molar-refractivity contribution >= 4 is 20.0 Å². The van der Waals surface area contributed by atoms with E-state index in [9.17, 15) is 4.57 Å². The van der Waals surface area contributed by atoms with E-state index in [1.54, 1.807) is 6.92 Å². The Bertz CT molecular complexity index is 107. The van der Waals surface area contributed by atoms with Crippen LogP contribution in [0.4, 0.5) is 0 Å². The lowest BCUT2D eigenvalue weighted by Crippen LogP contribution is -1.92. The Hall–Kier alpha value is 0.440. The van der Waals surface area contributed by atoms with Crippen LogP contribution in [0.5, 0.6) is 0 Å².